The molecular weight excluding hydrogens is 385 g/mol. The zero-order valence-corrected chi connectivity index (χ0v) is 13.3. The Morgan fingerprint density at radius 2 is 1.95 bits per heavy atom. The topological polar surface area (TPSA) is 67.2 Å². The van der Waals surface area contributed by atoms with E-state index in [4.69, 9.17) is 21.0 Å². The SMILES string of the molecule is N#Cc1ccc(OS(=O)(=O)c2cc(Br)ccc2F)c(Cl)c1. The first-order chi connectivity index (χ1) is 9.83. The molecule has 0 aliphatic heterocycles. The maximum absolute atomic E-state index is 13.6. The van der Waals surface area contributed by atoms with E-state index in [0.29, 0.717) is 4.47 Å². The first-order valence-electron chi connectivity index (χ1n) is 5.42. The second-order valence-electron chi connectivity index (χ2n) is 3.87. The lowest BCUT2D eigenvalue weighted by Crippen LogP contribution is -2.12. The van der Waals surface area contributed by atoms with Crippen molar-refractivity contribution in [3.63, 3.8) is 0 Å². The average molecular weight is 391 g/mol. The molecule has 2 aromatic rings. The molecule has 0 amide bonds. The molecule has 0 fully saturated rings. The standard InChI is InChI=1S/C13H6BrClFNO3S/c14-9-2-3-11(16)13(6-9)21(18,19)20-12-4-1-8(7-17)5-10(12)15/h1-6H. The van der Waals surface area contributed by atoms with E-state index in [1.54, 1.807) is 0 Å². The van der Waals surface area contributed by atoms with Crippen LogP contribution in [0.1, 0.15) is 5.56 Å². The van der Waals surface area contributed by atoms with E-state index >= 15 is 0 Å². The van der Waals surface area contributed by atoms with Crippen LogP contribution in [0.2, 0.25) is 5.02 Å². The van der Waals surface area contributed by atoms with E-state index in [1.165, 1.54) is 24.3 Å². The maximum atomic E-state index is 13.6. The molecule has 21 heavy (non-hydrogen) atoms. The van der Waals surface area contributed by atoms with Gasteiger partial charge in [-0.3, -0.25) is 0 Å². The Morgan fingerprint density at radius 3 is 2.57 bits per heavy atom. The van der Waals surface area contributed by atoms with Crippen molar-refractivity contribution in [3.8, 4) is 11.8 Å². The van der Waals surface area contributed by atoms with Gasteiger partial charge in [-0.05, 0) is 36.4 Å². The quantitative estimate of drug-likeness (QED) is 0.746. The third kappa shape index (κ3) is 3.53. The van der Waals surface area contributed by atoms with Crippen LogP contribution >= 0.6 is 27.5 Å². The van der Waals surface area contributed by atoms with Crippen molar-refractivity contribution in [3.05, 3.63) is 57.3 Å². The molecule has 2 rings (SSSR count). The molecule has 0 bridgehead atoms. The van der Waals surface area contributed by atoms with E-state index in [9.17, 15) is 12.8 Å². The molecule has 0 atom stereocenters. The first-order valence-corrected chi connectivity index (χ1v) is 8.00. The minimum absolute atomic E-state index is 0.0620. The zero-order valence-electron chi connectivity index (χ0n) is 10.2. The summed E-state index contributed by atoms with van der Waals surface area (Å²) in [4.78, 5) is -0.614. The smallest absolute Gasteiger partial charge is 0.342 e. The fraction of sp³-hybridized carbons (Fsp3) is 0. The van der Waals surface area contributed by atoms with Gasteiger partial charge in [-0.25, -0.2) is 4.39 Å². The molecule has 108 valence electrons. The Hall–Kier alpha value is -1.62. The Labute approximate surface area is 134 Å². The molecule has 0 spiro atoms. The normalized spacial score (nSPS) is 11.0. The largest absolute Gasteiger partial charge is 0.377 e. The van der Waals surface area contributed by atoms with Crippen molar-refractivity contribution in [2.75, 3.05) is 0 Å². The van der Waals surface area contributed by atoms with Crippen LogP contribution in [0.25, 0.3) is 0 Å². The molecule has 0 radical (unpaired) electrons. The highest BCUT2D eigenvalue weighted by Crippen LogP contribution is 2.29. The summed E-state index contributed by atoms with van der Waals surface area (Å²) < 4.78 is 43.0. The number of nitrogens with zero attached hydrogens (tertiary/aromatic N) is 1. The monoisotopic (exact) mass is 389 g/mol. The Balaban J connectivity index is 2.43. The van der Waals surface area contributed by atoms with Crippen molar-refractivity contribution in [2.24, 2.45) is 0 Å². The van der Waals surface area contributed by atoms with Crippen LogP contribution in [-0.2, 0) is 10.1 Å². The maximum Gasteiger partial charge on any atom is 0.342 e. The van der Waals surface area contributed by atoms with Crippen LogP contribution < -0.4 is 4.18 Å². The van der Waals surface area contributed by atoms with E-state index in [0.717, 1.165) is 12.1 Å². The lowest BCUT2D eigenvalue weighted by molar-refractivity contribution is 0.476. The minimum Gasteiger partial charge on any atom is -0.377 e. The number of benzene rings is 2. The van der Waals surface area contributed by atoms with Gasteiger partial charge < -0.3 is 4.18 Å². The molecule has 0 aliphatic rings. The zero-order chi connectivity index (χ0) is 15.6. The Morgan fingerprint density at radius 1 is 1.24 bits per heavy atom. The summed E-state index contributed by atoms with van der Waals surface area (Å²) >= 11 is 8.89. The fourth-order valence-electron chi connectivity index (χ4n) is 1.47. The van der Waals surface area contributed by atoms with Crippen LogP contribution in [0.15, 0.2) is 45.8 Å². The summed E-state index contributed by atoms with van der Waals surface area (Å²) in [7, 11) is -4.38. The van der Waals surface area contributed by atoms with Gasteiger partial charge in [0, 0.05) is 4.47 Å². The predicted molar refractivity (Wildman–Crippen MR) is 78.1 cm³/mol. The molecule has 0 aliphatic carbocycles. The summed E-state index contributed by atoms with van der Waals surface area (Å²) in [6, 6.07) is 9.13. The lowest BCUT2D eigenvalue weighted by atomic mass is 10.2. The third-order valence-corrected chi connectivity index (χ3v) is 4.46. The molecule has 0 N–H and O–H groups in total. The summed E-state index contributed by atoms with van der Waals surface area (Å²) in [5, 5.41) is 8.65. The molecule has 0 aromatic heterocycles. The Bertz CT molecular complexity index is 849. The molecule has 8 heteroatoms. The second kappa shape index (κ2) is 6.02. The highest BCUT2D eigenvalue weighted by Gasteiger charge is 2.23. The average Bonchev–Trinajstić information content (AvgIpc) is 2.43. The first kappa shape index (κ1) is 15.8. The number of halogens is 3. The lowest BCUT2D eigenvalue weighted by Gasteiger charge is -2.09. The number of hydrogen-bond acceptors (Lipinski definition) is 4. The number of hydrogen-bond donors (Lipinski definition) is 0. The minimum atomic E-state index is -4.38. The van der Waals surface area contributed by atoms with Crippen molar-refractivity contribution in [2.45, 2.75) is 4.90 Å². The molecular formula is C13H6BrClFNO3S. The van der Waals surface area contributed by atoms with E-state index in [2.05, 4.69) is 15.9 Å². The van der Waals surface area contributed by atoms with Gasteiger partial charge in [0.1, 0.15) is 10.7 Å². The second-order valence-corrected chi connectivity index (χ2v) is 6.71. The third-order valence-electron chi connectivity index (χ3n) is 2.42. The van der Waals surface area contributed by atoms with Crippen LogP contribution in [0, 0.1) is 17.1 Å². The van der Waals surface area contributed by atoms with Crippen LogP contribution in [0.3, 0.4) is 0 Å². The molecule has 0 heterocycles. The van der Waals surface area contributed by atoms with Gasteiger partial charge in [0.15, 0.2) is 5.75 Å². The molecule has 2 aromatic carbocycles. The van der Waals surface area contributed by atoms with Crippen molar-refractivity contribution in [1.29, 1.82) is 5.26 Å². The van der Waals surface area contributed by atoms with Crippen molar-refractivity contribution >= 4 is 37.6 Å². The highest BCUT2D eigenvalue weighted by molar-refractivity contribution is 9.10. The molecule has 0 saturated heterocycles. The fourth-order valence-corrected chi connectivity index (χ4v) is 3.30. The summed E-state index contributed by atoms with van der Waals surface area (Å²) in [6.45, 7) is 0. The van der Waals surface area contributed by atoms with Gasteiger partial charge in [0.05, 0.1) is 16.7 Å². The summed E-state index contributed by atoms with van der Waals surface area (Å²) in [6.07, 6.45) is 0. The van der Waals surface area contributed by atoms with E-state index < -0.39 is 20.8 Å². The predicted octanol–water partition coefficient (Wildman–Crippen LogP) is 3.88. The molecule has 0 saturated carbocycles. The van der Waals surface area contributed by atoms with Crippen LogP contribution in [-0.4, -0.2) is 8.42 Å². The summed E-state index contributed by atoms with van der Waals surface area (Å²) in [5.74, 6) is -1.13. The van der Waals surface area contributed by atoms with Crippen LogP contribution in [0.5, 0.6) is 5.75 Å². The van der Waals surface area contributed by atoms with E-state index in [1.807, 2.05) is 6.07 Å². The van der Waals surface area contributed by atoms with Gasteiger partial charge in [0.25, 0.3) is 0 Å². The van der Waals surface area contributed by atoms with Crippen molar-refractivity contribution in [1.82, 2.24) is 0 Å². The summed E-state index contributed by atoms with van der Waals surface area (Å²) in [5.41, 5.74) is 0.249. The van der Waals surface area contributed by atoms with Gasteiger partial charge in [-0.2, -0.15) is 13.7 Å². The van der Waals surface area contributed by atoms with Crippen LogP contribution in [0.4, 0.5) is 4.39 Å². The van der Waals surface area contributed by atoms with Gasteiger partial charge in [0.2, 0.25) is 0 Å². The number of nitriles is 1. The highest BCUT2D eigenvalue weighted by atomic mass is 79.9. The van der Waals surface area contributed by atoms with Gasteiger partial charge in [-0.15, -0.1) is 0 Å². The van der Waals surface area contributed by atoms with Gasteiger partial charge in [-0.1, -0.05) is 27.5 Å². The molecule has 0 unspecified atom stereocenters. The molecule has 4 nitrogen and oxygen atoms in total. The Kier molecular flexibility index (Phi) is 4.52. The number of rotatable bonds is 3. The van der Waals surface area contributed by atoms with Gasteiger partial charge >= 0.3 is 10.1 Å². The van der Waals surface area contributed by atoms with E-state index in [-0.39, 0.29) is 16.3 Å². The van der Waals surface area contributed by atoms with Crippen molar-refractivity contribution < 1.29 is 17.0 Å².